The molecule has 0 aliphatic rings. The Hall–Kier alpha value is -2.00. The molecule has 0 aliphatic heterocycles. The molecule has 0 fully saturated rings. The zero-order valence-corrected chi connectivity index (χ0v) is 15.1. The van der Waals surface area contributed by atoms with Crippen LogP contribution in [-0.2, 0) is 6.42 Å². The van der Waals surface area contributed by atoms with Crippen LogP contribution in [-0.4, -0.2) is 19.3 Å². The van der Waals surface area contributed by atoms with Crippen LogP contribution < -0.4 is 9.47 Å². The molecule has 2 aromatic rings. The van der Waals surface area contributed by atoms with Crippen LogP contribution in [0.1, 0.15) is 43.9 Å². The zero-order chi connectivity index (χ0) is 17.6. The summed E-state index contributed by atoms with van der Waals surface area (Å²) in [6.45, 7) is 4.24. The number of hydrogen-bond acceptors (Lipinski definition) is 3. The van der Waals surface area contributed by atoms with E-state index in [1.807, 2.05) is 36.4 Å². The van der Waals surface area contributed by atoms with E-state index in [-0.39, 0.29) is 5.41 Å². The number of ether oxygens (including phenoxy) is 2. The van der Waals surface area contributed by atoms with Gasteiger partial charge in [0.25, 0.3) is 0 Å². The Morgan fingerprint density at radius 3 is 1.88 bits per heavy atom. The van der Waals surface area contributed by atoms with E-state index in [1.54, 1.807) is 14.2 Å². The van der Waals surface area contributed by atoms with E-state index >= 15 is 0 Å². The van der Waals surface area contributed by atoms with Gasteiger partial charge in [-0.05, 0) is 60.1 Å². The highest BCUT2D eigenvalue weighted by molar-refractivity contribution is 5.29. The van der Waals surface area contributed by atoms with Gasteiger partial charge in [0.2, 0.25) is 0 Å². The minimum atomic E-state index is -0.487. The number of benzene rings is 2. The second-order valence-electron chi connectivity index (χ2n) is 6.87. The zero-order valence-electron chi connectivity index (χ0n) is 15.1. The molecule has 130 valence electrons. The summed E-state index contributed by atoms with van der Waals surface area (Å²) in [7, 11) is 3.33. The highest BCUT2D eigenvalue weighted by Gasteiger charge is 2.28. The Morgan fingerprint density at radius 1 is 0.875 bits per heavy atom. The standard InChI is InChI=1S/C21H28O3/c1-21(2,20(22)17-9-13-19(24-4)14-10-17)15-5-6-16-7-11-18(23-3)12-8-16/h7-14,20,22H,5-6,15H2,1-4H3. The van der Waals surface area contributed by atoms with E-state index in [2.05, 4.69) is 26.0 Å². The van der Waals surface area contributed by atoms with Crippen molar-refractivity contribution in [1.82, 2.24) is 0 Å². The van der Waals surface area contributed by atoms with Crippen molar-refractivity contribution in [2.75, 3.05) is 14.2 Å². The summed E-state index contributed by atoms with van der Waals surface area (Å²) in [5.41, 5.74) is 2.05. The number of rotatable bonds is 8. The average Bonchev–Trinajstić information content (AvgIpc) is 2.61. The lowest BCUT2D eigenvalue weighted by atomic mass is 9.78. The van der Waals surface area contributed by atoms with E-state index in [1.165, 1.54) is 5.56 Å². The van der Waals surface area contributed by atoms with Crippen molar-refractivity contribution in [3.8, 4) is 11.5 Å². The molecule has 1 atom stereocenters. The molecule has 2 aromatic carbocycles. The Kier molecular flexibility index (Phi) is 6.27. The van der Waals surface area contributed by atoms with Gasteiger partial charge < -0.3 is 14.6 Å². The quantitative estimate of drug-likeness (QED) is 0.757. The van der Waals surface area contributed by atoms with E-state index < -0.39 is 6.10 Å². The van der Waals surface area contributed by atoms with Crippen molar-refractivity contribution in [3.05, 3.63) is 59.7 Å². The fraction of sp³-hybridized carbons (Fsp3) is 0.429. The Labute approximate surface area is 145 Å². The van der Waals surface area contributed by atoms with Gasteiger partial charge in [0.05, 0.1) is 20.3 Å². The third kappa shape index (κ3) is 4.75. The maximum atomic E-state index is 10.7. The van der Waals surface area contributed by atoms with Crippen LogP contribution in [0.25, 0.3) is 0 Å². The van der Waals surface area contributed by atoms with Gasteiger partial charge in [-0.25, -0.2) is 0 Å². The van der Waals surface area contributed by atoms with Gasteiger partial charge >= 0.3 is 0 Å². The summed E-state index contributed by atoms with van der Waals surface area (Å²) in [5.74, 6) is 1.69. The molecule has 3 nitrogen and oxygen atoms in total. The molecular formula is C21H28O3. The van der Waals surface area contributed by atoms with Gasteiger partial charge in [0.15, 0.2) is 0 Å². The number of hydrogen-bond donors (Lipinski definition) is 1. The smallest absolute Gasteiger partial charge is 0.118 e. The molecular weight excluding hydrogens is 300 g/mol. The molecule has 24 heavy (non-hydrogen) atoms. The first kappa shape index (κ1) is 18.3. The van der Waals surface area contributed by atoms with Crippen molar-refractivity contribution >= 4 is 0 Å². The maximum Gasteiger partial charge on any atom is 0.118 e. The second kappa shape index (κ2) is 8.20. The summed E-state index contributed by atoms with van der Waals surface area (Å²) in [4.78, 5) is 0. The number of methoxy groups -OCH3 is 2. The summed E-state index contributed by atoms with van der Waals surface area (Å²) in [5, 5.41) is 10.7. The summed E-state index contributed by atoms with van der Waals surface area (Å²) in [6, 6.07) is 15.9. The van der Waals surface area contributed by atoms with Crippen LogP contribution >= 0.6 is 0 Å². The maximum absolute atomic E-state index is 10.7. The van der Waals surface area contributed by atoms with Crippen molar-refractivity contribution in [3.63, 3.8) is 0 Å². The molecule has 3 heteroatoms. The van der Waals surface area contributed by atoms with Crippen LogP contribution in [0.5, 0.6) is 11.5 Å². The fourth-order valence-corrected chi connectivity index (χ4v) is 2.91. The highest BCUT2D eigenvalue weighted by Crippen LogP contribution is 2.38. The lowest BCUT2D eigenvalue weighted by Crippen LogP contribution is -2.22. The van der Waals surface area contributed by atoms with Gasteiger partial charge in [0, 0.05) is 0 Å². The normalized spacial score (nSPS) is 12.7. The van der Waals surface area contributed by atoms with E-state index in [9.17, 15) is 5.11 Å². The average molecular weight is 328 g/mol. The van der Waals surface area contributed by atoms with Crippen molar-refractivity contribution in [2.45, 2.75) is 39.2 Å². The molecule has 0 bridgehead atoms. The van der Waals surface area contributed by atoms with Crippen molar-refractivity contribution < 1.29 is 14.6 Å². The first-order valence-corrected chi connectivity index (χ1v) is 8.41. The largest absolute Gasteiger partial charge is 0.497 e. The van der Waals surface area contributed by atoms with Gasteiger partial charge in [-0.15, -0.1) is 0 Å². The van der Waals surface area contributed by atoms with Gasteiger partial charge in [-0.2, -0.15) is 0 Å². The van der Waals surface area contributed by atoms with Gasteiger partial charge in [-0.3, -0.25) is 0 Å². The second-order valence-corrected chi connectivity index (χ2v) is 6.87. The lowest BCUT2D eigenvalue weighted by molar-refractivity contribution is 0.0416. The third-order valence-electron chi connectivity index (χ3n) is 4.62. The first-order valence-electron chi connectivity index (χ1n) is 8.41. The fourth-order valence-electron chi connectivity index (χ4n) is 2.91. The SMILES string of the molecule is COc1ccc(CCCC(C)(C)C(O)c2ccc(OC)cc2)cc1. The molecule has 0 radical (unpaired) electrons. The number of aliphatic hydroxyl groups is 1. The minimum absolute atomic E-state index is 0.180. The molecule has 1 N–H and O–H groups in total. The van der Waals surface area contributed by atoms with Gasteiger partial charge in [-0.1, -0.05) is 38.1 Å². The van der Waals surface area contributed by atoms with Crippen LogP contribution in [0.2, 0.25) is 0 Å². The highest BCUT2D eigenvalue weighted by atomic mass is 16.5. The first-order chi connectivity index (χ1) is 11.5. The van der Waals surface area contributed by atoms with Crippen molar-refractivity contribution in [2.24, 2.45) is 5.41 Å². The van der Waals surface area contributed by atoms with Crippen LogP contribution in [0.4, 0.5) is 0 Å². The number of aryl methyl sites for hydroxylation is 1. The van der Waals surface area contributed by atoms with Crippen LogP contribution in [0.3, 0.4) is 0 Å². The molecule has 0 spiro atoms. The predicted octanol–water partition coefficient (Wildman–Crippen LogP) is 4.79. The Balaban J connectivity index is 1.91. The van der Waals surface area contributed by atoms with Gasteiger partial charge in [0.1, 0.15) is 11.5 Å². The molecule has 0 aromatic heterocycles. The van der Waals surface area contributed by atoms with E-state index in [0.29, 0.717) is 0 Å². The van der Waals surface area contributed by atoms with Crippen LogP contribution in [0.15, 0.2) is 48.5 Å². The van der Waals surface area contributed by atoms with E-state index in [4.69, 9.17) is 9.47 Å². The van der Waals surface area contributed by atoms with Crippen molar-refractivity contribution in [1.29, 1.82) is 0 Å². The molecule has 0 heterocycles. The molecule has 0 saturated carbocycles. The monoisotopic (exact) mass is 328 g/mol. The summed E-state index contributed by atoms with van der Waals surface area (Å²) < 4.78 is 10.4. The Bertz CT molecular complexity index is 615. The minimum Gasteiger partial charge on any atom is -0.497 e. The topological polar surface area (TPSA) is 38.7 Å². The number of aliphatic hydroxyl groups excluding tert-OH is 1. The molecule has 1 unspecified atom stereocenters. The van der Waals surface area contributed by atoms with Crippen LogP contribution in [0, 0.1) is 5.41 Å². The lowest BCUT2D eigenvalue weighted by Gasteiger charge is -2.31. The molecule has 0 saturated heterocycles. The summed E-state index contributed by atoms with van der Waals surface area (Å²) >= 11 is 0. The summed E-state index contributed by atoms with van der Waals surface area (Å²) in [6.07, 6.45) is 2.50. The Morgan fingerprint density at radius 2 is 1.38 bits per heavy atom. The molecule has 0 amide bonds. The third-order valence-corrected chi connectivity index (χ3v) is 4.62. The van der Waals surface area contributed by atoms with E-state index in [0.717, 1.165) is 36.3 Å². The predicted molar refractivity (Wildman–Crippen MR) is 97.7 cm³/mol. The molecule has 0 aliphatic carbocycles. The molecule has 2 rings (SSSR count).